The number of aliphatic hydroxyl groups is 1. The fourth-order valence-corrected chi connectivity index (χ4v) is 1.90. The van der Waals surface area contributed by atoms with E-state index in [-0.39, 0.29) is 6.03 Å². The van der Waals surface area contributed by atoms with Crippen LogP contribution in [0.3, 0.4) is 0 Å². The van der Waals surface area contributed by atoms with Crippen LogP contribution in [0.4, 0.5) is 4.79 Å². The van der Waals surface area contributed by atoms with E-state index >= 15 is 0 Å². The SMILES string of the molecule is C/N=C\NCC1(O)CCN(C(=O)N(C)C)CC1. The molecule has 98 valence electrons. The summed E-state index contributed by atoms with van der Waals surface area (Å²) < 4.78 is 0. The number of hydrogen-bond donors (Lipinski definition) is 2. The molecule has 0 radical (unpaired) electrons. The van der Waals surface area contributed by atoms with Crippen LogP contribution in [-0.4, -0.2) is 73.7 Å². The molecule has 0 aromatic rings. The first-order chi connectivity index (χ1) is 7.98. The van der Waals surface area contributed by atoms with Gasteiger partial charge in [0.15, 0.2) is 0 Å². The molecule has 0 spiro atoms. The first kappa shape index (κ1) is 13.8. The maximum absolute atomic E-state index is 11.7. The van der Waals surface area contributed by atoms with Crippen molar-refractivity contribution >= 4 is 12.4 Å². The van der Waals surface area contributed by atoms with Crippen molar-refractivity contribution in [3.8, 4) is 0 Å². The van der Waals surface area contributed by atoms with E-state index in [0.29, 0.717) is 32.5 Å². The molecule has 0 aliphatic carbocycles. The quantitative estimate of drug-likeness (QED) is 0.529. The van der Waals surface area contributed by atoms with Crippen LogP contribution in [0.15, 0.2) is 4.99 Å². The van der Waals surface area contributed by atoms with Crippen molar-refractivity contribution in [2.75, 3.05) is 40.8 Å². The second kappa shape index (κ2) is 5.86. The average molecular weight is 242 g/mol. The van der Waals surface area contributed by atoms with E-state index < -0.39 is 5.60 Å². The molecule has 2 amide bonds. The van der Waals surface area contributed by atoms with Crippen molar-refractivity contribution in [3.05, 3.63) is 0 Å². The number of urea groups is 1. The summed E-state index contributed by atoms with van der Waals surface area (Å²) in [5.74, 6) is 0. The first-order valence-electron chi connectivity index (χ1n) is 5.81. The van der Waals surface area contributed by atoms with Crippen molar-refractivity contribution in [2.45, 2.75) is 18.4 Å². The monoisotopic (exact) mass is 242 g/mol. The summed E-state index contributed by atoms with van der Waals surface area (Å²) in [6.45, 7) is 1.67. The van der Waals surface area contributed by atoms with Gasteiger partial charge in [0.2, 0.25) is 0 Å². The van der Waals surface area contributed by atoms with Crippen LogP contribution in [0.5, 0.6) is 0 Å². The Kier molecular flexibility index (Phi) is 4.74. The molecule has 2 N–H and O–H groups in total. The van der Waals surface area contributed by atoms with Crippen LogP contribution in [0.2, 0.25) is 0 Å². The number of carbonyl (C=O) groups is 1. The van der Waals surface area contributed by atoms with Crippen LogP contribution in [0.1, 0.15) is 12.8 Å². The number of nitrogens with one attached hydrogen (secondary N) is 1. The molecule has 0 atom stereocenters. The fourth-order valence-electron chi connectivity index (χ4n) is 1.90. The van der Waals surface area contributed by atoms with Crippen LogP contribution < -0.4 is 5.32 Å². The van der Waals surface area contributed by atoms with Crippen molar-refractivity contribution in [1.82, 2.24) is 15.1 Å². The van der Waals surface area contributed by atoms with E-state index in [0.717, 1.165) is 0 Å². The largest absolute Gasteiger partial charge is 0.388 e. The molecule has 1 saturated heterocycles. The van der Waals surface area contributed by atoms with E-state index in [4.69, 9.17) is 0 Å². The van der Waals surface area contributed by atoms with Crippen LogP contribution in [0, 0.1) is 0 Å². The van der Waals surface area contributed by atoms with E-state index in [1.807, 2.05) is 0 Å². The highest BCUT2D eigenvalue weighted by Gasteiger charge is 2.33. The number of piperidine rings is 1. The molecule has 0 unspecified atom stereocenters. The summed E-state index contributed by atoms with van der Waals surface area (Å²) in [5, 5.41) is 13.2. The third-order valence-electron chi connectivity index (χ3n) is 3.00. The Balaban J connectivity index is 2.41. The van der Waals surface area contributed by atoms with Gasteiger partial charge in [0.25, 0.3) is 0 Å². The highest BCUT2D eigenvalue weighted by Crippen LogP contribution is 2.21. The molecule has 6 heteroatoms. The molecule has 1 fully saturated rings. The highest BCUT2D eigenvalue weighted by atomic mass is 16.3. The number of aliphatic imine (C=N–C) groups is 1. The average Bonchev–Trinajstić information content (AvgIpc) is 2.29. The Morgan fingerprint density at radius 3 is 2.59 bits per heavy atom. The van der Waals surface area contributed by atoms with Gasteiger partial charge in [-0.25, -0.2) is 4.79 Å². The minimum absolute atomic E-state index is 0.00938. The lowest BCUT2D eigenvalue weighted by Gasteiger charge is -2.38. The number of hydrogen-bond acceptors (Lipinski definition) is 3. The summed E-state index contributed by atoms with van der Waals surface area (Å²) in [6.07, 6.45) is 2.77. The molecule has 0 saturated carbocycles. The lowest BCUT2D eigenvalue weighted by molar-refractivity contribution is -0.00954. The van der Waals surface area contributed by atoms with E-state index in [1.54, 1.807) is 37.3 Å². The summed E-state index contributed by atoms with van der Waals surface area (Å²) >= 11 is 0. The zero-order valence-electron chi connectivity index (χ0n) is 10.8. The van der Waals surface area contributed by atoms with Gasteiger partial charge >= 0.3 is 6.03 Å². The van der Waals surface area contributed by atoms with Gasteiger partial charge in [-0.05, 0) is 12.8 Å². The Bertz CT molecular complexity index is 283. The molecule has 1 aliphatic heterocycles. The van der Waals surface area contributed by atoms with Crippen molar-refractivity contribution in [1.29, 1.82) is 0 Å². The first-order valence-corrected chi connectivity index (χ1v) is 5.81. The maximum atomic E-state index is 11.7. The number of rotatable bonds is 3. The van der Waals surface area contributed by atoms with Crippen molar-refractivity contribution < 1.29 is 9.90 Å². The number of likely N-dealkylation sites (tertiary alicyclic amines) is 1. The lowest BCUT2D eigenvalue weighted by atomic mass is 9.91. The minimum Gasteiger partial charge on any atom is -0.388 e. The predicted octanol–water partition coefficient (Wildman–Crippen LogP) is -0.257. The van der Waals surface area contributed by atoms with E-state index in [9.17, 15) is 9.90 Å². The van der Waals surface area contributed by atoms with E-state index in [2.05, 4.69) is 10.3 Å². The summed E-state index contributed by atoms with van der Waals surface area (Å²) in [7, 11) is 5.15. The van der Waals surface area contributed by atoms with Gasteiger partial charge < -0.3 is 20.2 Å². The van der Waals surface area contributed by atoms with Crippen LogP contribution >= 0.6 is 0 Å². The van der Waals surface area contributed by atoms with Gasteiger partial charge in [-0.1, -0.05) is 0 Å². The molecular weight excluding hydrogens is 220 g/mol. The third-order valence-corrected chi connectivity index (χ3v) is 3.00. The minimum atomic E-state index is -0.732. The van der Waals surface area contributed by atoms with Gasteiger partial charge in [-0.15, -0.1) is 0 Å². The summed E-state index contributed by atoms with van der Waals surface area (Å²) in [5.41, 5.74) is -0.732. The Morgan fingerprint density at radius 2 is 2.12 bits per heavy atom. The second-order valence-electron chi connectivity index (χ2n) is 4.66. The maximum Gasteiger partial charge on any atom is 0.319 e. The van der Waals surface area contributed by atoms with Gasteiger partial charge in [0, 0.05) is 40.8 Å². The van der Waals surface area contributed by atoms with Crippen LogP contribution in [0.25, 0.3) is 0 Å². The predicted molar refractivity (Wildman–Crippen MR) is 67.3 cm³/mol. The molecule has 0 aromatic heterocycles. The van der Waals surface area contributed by atoms with Gasteiger partial charge in [0.1, 0.15) is 0 Å². The number of nitrogens with zero attached hydrogens (tertiary/aromatic N) is 3. The van der Waals surface area contributed by atoms with Crippen molar-refractivity contribution in [2.24, 2.45) is 4.99 Å². The second-order valence-corrected chi connectivity index (χ2v) is 4.66. The lowest BCUT2D eigenvalue weighted by Crippen LogP contribution is -2.52. The van der Waals surface area contributed by atoms with Crippen molar-refractivity contribution in [3.63, 3.8) is 0 Å². The van der Waals surface area contributed by atoms with Gasteiger partial charge in [-0.2, -0.15) is 0 Å². The fraction of sp³-hybridized carbons (Fsp3) is 0.818. The molecule has 1 aliphatic rings. The molecule has 6 nitrogen and oxygen atoms in total. The highest BCUT2D eigenvalue weighted by molar-refractivity contribution is 5.73. The normalized spacial score (nSPS) is 19.4. The topological polar surface area (TPSA) is 68.2 Å². The van der Waals surface area contributed by atoms with Gasteiger partial charge in [-0.3, -0.25) is 4.99 Å². The smallest absolute Gasteiger partial charge is 0.319 e. The standard InChI is InChI=1S/C11H22N4O2/c1-12-9-13-8-11(17)4-6-15(7-5-11)10(16)14(2)3/h9,17H,4-8H2,1-3H3,(H,12,13). The zero-order valence-corrected chi connectivity index (χ0v) is 10.8. The molecular formula is C11H22N4O2. The molecule has 0 bridgehead atoms. The number of amides is 2. The molecule has 0 aromatic carbocycles. The Morgan fingerprint density at radius 1 is 1.53 bits per heavy atom. The van der Waals surface area contributed by atoms with Gasteiger partial charge in [0.05, 0.1) is 11.9 Å². The molecule has 17 heavy (non-hydrogen) atoms. The number of carbonyl (C=O) groups excluding carboxylic acids is 1. The summed E-state index contributed by atoms with van der Waals surface area (Å²) in [6, 6.07) is 0.00938. The summed E-state index contributed by atoms with van der Waals surface area (Å²) in [4.78, 5) is 18.8. The van der Waals surface area contributed by atoms with Crippen LogP contribution in [-0.2, 0) is 0 Å². The molecule has 1 heterocycles. The third kappa shape index (κ3) is 3.89. The Labute approximate surface area is 102 Å². The molecule has 1 rings (SSSR count). The Hall–Kier alpha value is -1.30. The van der Waals surface area contributed by atoms with E-state index in [1.165, 1.54) is 0 Å². The zero-order chi connectivity index (χ0) is 12.9.